The van der Waals surface area contributed by atoms with E-state index in [4.69, 9.17) is 18.9 Å². The molecular weight excluding hydrogens is 576 g/mol. The third-order valence-electron chi connectivity index (χ3n) is 5.67. The summed E-state index contributed by atoms with van der Waals surface area (Å²) in [6, 6.07) is 21.7. The Balaban J connectivity index is 1.39. The summed E-state index contributed by atoms with van der Waals surface area (Å²) in [7, 11) is 0. The largest absolute Gasteiger partial charge is 0.494 e. The fourth-order valence-electron chi connectivity index (χ4n) is 3.41. The van der Waals surface area contributed by atoms with E-state index in [0.717, 1.165) is 52.1 Å². The van der Waals surface area contributed by atoms with Crippen LogP contribution in [-0.2, 0) is 19.1 Å². The second-order valence-electron chi connectivity index (χ2n) is 8.96. The molecule has 0 heterocycles. The average molecular weight is 609 g/mol. The van der Waals surface area contributed by atoms with Crippen molar-refractivity contribution < 1.29 is 33.3 Å². The zero-order valence-corrected chi connectivity index (χ0v) is 25.0. The normalized spacial score (nSPS) is 9.73. The molecule has 8 heteroatoms. The van der Waals surface area contributed by atoms with Gasteiger partial charge in [-0.25, -0.2) is 9.59 Å². The number of unbranched alkanes of at least 4 members (excludes halogenated alkanes) is 1. The highest BCUT2D eigenvalue weighted by Crippen LogP contribution is 2.25. The van der Waals surface area contributed by atoms with Gasteiger partial charge < -0.3 is 18.9 Å². The number of hydrogen-bond donors (Lipinski definition) is 0. The number of rotatable bonds is 15. The summed E-state index contributed by atoms with van der Waals surface area (Å²) in [5.74, 6) is 12.2. The van der Waals surface area contributed by atoms with Crippen LogP contribution in [0.3, 0.4) is 0 Å². The molecule has 0 atom stereocenters. The first-order valence-corrected chi connectivity index (χ1v) is 14.7. The first-order chi connectivity index (χ1) is 21.5. The fourth-order valence-corrected chi connectivity index (χ4v) is 4.15. The van der Waals surface area contributed by atoms with Gasteiger partial charge in [-0.15, -0.1) is 0 Å². The van der Waals surface area contributed by atoms with E-state index in [1.165, 1.54) is 0 Å². The maximum Gasteiger partial charge on any atom is 0.330 e. The summed E-state index contributed by atoms with van der Waals surface area (Å²) in [6.45, 7) is 8.23. The molecule has 7 nitrogen and oxygen atoms in total. The standard InChI is InChI=1S/C36H32O7S/c1-3-34(37)42-25-8-7-24-40-31-18-14-29(15-19-31)11-6-5-10-28-12-16-30(17-13-28)36(39)44-33-22-20-32(21-23-33)41-26-9-27-43-35(38)4-2/h3-4,12-23H,1-2,7-9,24-27H2. The van der Waals surface area contributed by atoms with Crippen LogP contribution in [0.2, 0.25) is 0 Å². The highest BCUT2D eigenvalue weighted by atomic mass is 32.2. The number of ether oxygens (including phenoxy) is 4. The van der Waals surface area contributed by atoms with Crippen molar-refractivity contribution in [3.8, 4) is 35.2 Å². The van der Waals surface area contributed by atoms with Crippen molar-refractivity contribution in [2.45, 2.75) is 24.2 Å². The Kier molecular flexibility index (Phi) is 14.5. The van der Waals surface area contributed by atoms with Gasteiger partial charge in [0, 0.05) is 40.2 Å². The van der Waals surface area contributed by atoms with E-state index >= 15 is 0 Å². The Hall–Kier alpha value is -5.18. The molecule has 0 amide bonds. The quantitative estimate of drug-likeness (QED) is 0.0643. The van der Waals surface area contributed by atoms with E-state index in [2.05, 4.69) is 36.8 Å². The molecule has 0 aliphatic rings. The van der Waals surface area contributed by atoms with Crippen LogP contribution in [0.25, 0.3) is 0 Å². The van der Waals surface area contributed by atoms with Crippen molar-refractivity contribution >= 4 is 28.8 Å². The number of benzene rings is 3. The molecule has 0 aromatic heterocycles. The molecule has 3 aromatic rings. The van der Waals surface area contributed by atoms with Crippen molar-refractivity contribution in [1.82, 2.24) is 0 Å². The van der Waals surface area contributed by atoms with Crippen molar-refractivity contribution in [3.63, 3.8) is 0 Å². The van der Waals surface area contributed by atoms with Crippen molar-refractivity contribution in [1.29, 1.82) is 0 Å². The van der Waals surface area contributed by atoms with Gasteiger partial charge in [-0.2, -0.15) is 0 Å². The smallest absolute Gasteiger partial charge is 0.330 e. The van der Waals surface area contributed by atoms with Crippen LogP contribution in [0.15, 0.2) is 103 Å². The lowest BCUT2D eigenvalue weighted by Crippen LogP contribution is -2.06. The molecular formula is C36H32O7S. The van der Waals surface area contributed by atoms with Gasteiger partial charge in [0.15, 0.2) is 0 Å². The van der Waals surface area contributed by atoms with Crippen molar-refractivity contribution in [2.24, 2.45) is 0 Å². The van der Waals surface area contributed by atoms with Gasteiger partial charge in [0.2, 0.25) is 5.12 Å². The maximum atomic E-state index is 12.7. The molecule has 0 unspecified atom stereocenters. The minimum Gasteiger partial charge on any atom is -0.494 e. The van der Waals surface area contributed by atoms with Gasteiger partial charge >= 0.3 is 11.9 Å². The molecule has 0 spiro atoms. The van der Waals surface area contributed by atoms with Crippen LogP contribution in [0.1, 0.15) is 40.7 Å². The Morgan fingerprint density at radius 3 is 1.61 bits per heavy atom. The summed E-state index contributed by atoms with van der Waals surface area (Å²) in [5, 5.41) is -0.0801. The SMILES string of the molecule is C=CC(=O)OCCCCOc1ccc(C#CC#Cc2ccc(C(=O)Sc3ccc(OCCCOC(=O)C=C)cc3)cc2)cc1. The molecule has 0 aliphatic heterocycles. The minimum absolute atomic E-state index is 0.0801. The van der Waals surface area contributed by atoms with Gasteiger partial charge in [-0.05, 0) is 109 Å². The lowest BCUT2D eigenvalue weighted by Gasteiger charge is -2.07. The zero-order valence-electron chi connectivity index (χ0n) is 24.2. The molecule has 0 radical (unpaired) electrons. The molecule has 3 rings (SSSR count). The maximum absolute atomic E-state index is 12.7. The minimum atomic E-state index is -0.453. The van der Waals surface area contributed by atoms with Gasteiger partial charge in [0.05, 0.1) is 26.4 Å². The zero-order chi connectivity index (χ0) is 31.4. The molecule has 0 saturated heterocycles. The number of carbonyl (C=O) groups excluding carboxylic acids is 3. The summed E-state index contributed by atoms with van der Waals surface area (Å²) in [5.41, 5.74) is 2.14. The van der Waals surface area contributed by atoms with E-state index < -0.39 is 11.9 Å². The van der Waals surface area contributed by atoms with E-state index in [1.807, 2.05) is 36.4 Å². The molecule has 0 N–H and O–H groups in total. The predicted molar refractivity (Wildman–Crippen MR) is 170 cm³/mol. The fraction of sp³-hybridized carbons (Fsp3) is 0.194. The van der Waals surface area contributed by atoms with E-state index in [1.54, 1.807) is 36.4 Å². The molecule has 224 valence electrons. The summed E-state index contributed by atoms with van der Waals surface area (Å²) < 4.78 is 21.1. The second-order valence-corrected chi connectivity index (χ2v) is 10.0. The number of esters is 2. The Morgan fingerprint density at radius 1 is 0.614 bits per heavy atom. The monoisotopic (exact) mass is 608 g/mol. The number of thioether (sulfide) groups is 1. The predicted octanol–water partition coefficient (Wildman–Crippen LogP) is 6.41. The van der Waals surface area contributed by atoms with Gasteiger partial charge in [0.1, 0.15) is 11.5 Å². The third kappa shape index (κ3) is 12.8. The lowest BCUT2D eigenvalue weighted by atomic mass is 10.1. The first kappa shape index (κ1) is 33.3. The molecule has 0 aliphatic carbocycles. The van der Waals surface area contributed by atoms with Crippen molar-refractivity contribution in [2.75, 3.05) is 26.4 Å². The number of hydrogen-bond acceptors (Lipinski definition) is 8. The van der Waals surface area contributed by atoms with Gasteiger partial charge in [-0.1, -0.05) is 25.0 Å². The van der Waals surface area contributed by atoms with Crippen LogP contribution >= 0.6 is 11.8 Å². The lowest BCUT2D eigenvalue weighted by molar-refractivity contribution is -0.138. The second kappa shape index (κ2) is 19.1. The van der Waals surface area contributed by atoms with Gasteiger partial charge in [0.25, 0.3) is 0 Å². The molecule has 44 heavy (non-hydrogen) atoms. The van der Waals surface area contributed by atoms with Crippen LogP contribution in [0, 0.1) is 23.7 Å². The molecule has 3 aromatic carbocycles. The Morgan fingerprint density at radius 2 is 1.07 bits per heavy atom. The van der Waals surface area contributed by atoms with Crippen LogP contribution in [-0.4, -0.2) is 43.5 Å². The van der Waals surface area contributed by atoms with Gasteiger partial charge in [-0.3, -0.25) is 4.79 Å². The molecule has 0 fully saturated rings. The van der Waals surface area contributed by atoms with Crippen molar-refractivity contribution in [3.05, 3.63) is 115 Å². The summed E-state index contributed by atoms with van der Waals surface area (Å²) in [4.78, 5) is 35.5. The Labute approximate surface area is 262 Å². The first-order valence-electron chi connectivity index (χ1n) is 13.8. The highest BCUT2D eigenvalue weighted by Gasteiger charge is 2.08. The Bertz CT molecular complexity index is 1530. The summed E-state index contributed by atoms with van der Waals surface area (Å²) >= 11 is 1.13. The van der Waals surface area contributed by atoms with E-state index in [0.29, 0.717) is 44.0 Å². The summed E-state index contributed by atoms with van der Waals surface area (Å²) in [6.07, 6.45) is 4.31. The van der Waals surface area contributed by atoms with Crippen LogP contribution in [0.4, 0.5) is 0 Å². The molecule has 0 bridgehead atoms. The topological polar surface area (TPSA) is 88.1 Å². The average Bonchev–Trinajstić information content (AvgIpc) is 3.05. The highest BCUT2D eigenvalue weighted by molar-refractivity contribution is 8.14. The van der Waals surface area contributed by atoms with Crippen LogP contribution in [0.5, 0.6) is 11.5 Å². The molecule has 0 saturated carbocycles. The van der Waals surface area contributed by atoms with E-state index in [-0.39, 0.29) is 11.7 Å². The van der Waals surface area contributed by atoms with E-state index in [9.17, 15) is 14.4 Å². The number of carbonyl (C=O) groups is 3. The third-order valence-corrected chi connectivity index (χ3v) is 6.60. The van der Waals surface area contributed by atoms with Crippen LogP contribution < -0.4 is 9.47 Å².